The minimum atomic E-state index is -4.88. The van der Waals surface area contributed by atoms with Gasteiger partial charge in [-0.25, -0.2) is 0 Å². The molecule has 5 nitrogen and oxygen atoms in total. The second kappa shape index (κ2) is 5.68. The summed E-state index contributed by atoms with van der Waals surface area (Å²) in [7, 11) is 1.04. The van der Waals surface area contributed by atoms with Crippen molar-refractivity contribution in [2.75, 3.05) is 31.7 Å². The van der Waals surface area contributed by atoms with E-state index in [1.54, 1.807) is 12.1 Å². The summed E-state index contributed by atoms with van der Waals surface area (Å²) in [5, 5.41) is 0. The molecule has 0 saturated carbocycles. The van der Waals surface area contributed by atoms with Gasteiger partial charge in [0.1, 0.15) is 12.4 Å². The Morgan fingerprint density at radius 2 is 2.00 bits per heavy atom. The van der Waals surface area contributed by atoms with Gasteiger partial charge in [0.2, 0.25) is 0 Å². The van der Waals surface area contributed by atoms with Crippen molar-refractivity contribution in [2.45, 2.75) is 6.18 Å². The Labute approximate surface area is 107 Å². The number of halogens is 3. The summed E-state index contributed by atoms with van der Waals surface area (Å²) in [6.45, 7) is -0.335. The van der Waals surface area contributed by atoms with Gasteiger partial charge in [-0.1, -0.05) is 6.07 Å². The fourth-order valence-corrected chi connectivity index (χ4v) is 1.30. The van der Waals surface area contributed by atoms with Gasteiger partial charge in [0.05, 0.1) is 17.9 Å². The number of nitrogens with zero attached hydrogens (tertiary/aromatic N) is 1. The first-order valence-corrected chi connectivity index (χ1v) is 5.32. The van der Waals surface area contributed by atoms with E-state index in [4.69, 9.17) is 16.2 Å². The molecule has 0 spiro atoms. The number of amides is 1. The Balaban J connectivity index is 2.51. The minimum Gasteiger partial charge on any atom is -0.490 e. The molecule has 0 heterocycles. The molecule has 1 rings (SSSR count). The Morgan fingerprint density at radius 3 is 2.58 bits per heavy atom. The summed E-state index contributed by atoms with van der Waals surface area (Å²) in [4.78, 5) is 11.4. The first kappa shape index (κ1) is 14.9. The number of ether oxygens (including phenoxy) is 1. The summed E-state index contributed by atoms with van der Waals surface area (Å²) in [6.07, 6.45) is -4.88. The number of nitrogen functional groups attached to an aromatic ring is 2. The van der Waals surface area contributed by atoms with Crippen LogP contribution >= 0.6 is 0 Å². The molecule has 0 bridgehead atoms. The van der Waals surface area contributed by atoms with Crippen LogP contribution in [0, 0.1) is 0 Å². The number of carbonyl (C=O) groups excluding carboxylic acids is 1. The van der Waals surface area contributed by atoms with Crippen LogP contribution in [0.1, 0.15) is 0 Å². The number of hydrogen-bond donors (Lipinski definition) is 2. The van der Waals surface area contributed by atoms with Crippen LogP contribution in [0.2, 0.25) is 0 Å². The molecule has 19 heavy (non-hydrogen) atoms. The molecule has 0 unspecified atom stereocenters. The van der Waals surface area contributed by atoms with Crippen LogP contribution in [0.25, 0.3) is 0 Å². The number of carbonyl (C=O) groups is 1. The van der Waals surface area contributed by atoms with Gasteiger partial charge < -0.3 is 21.1 Å². The van der Waals surface area contributed by atoms with Crippen LogP contribution in [0.15, 0.2) is 18.2 Å². The molecule has 1 aromatic rings. The highest BCUT2D eigenvalue weighted by molar-refractivity contribution is 5.81. The van der Waals surface area contributed by atoms with E-state index >= 15 is 0 Å². The molecule has 0 aliphatic carbocycles. The van der Waals surface area contributed by atoms with Gasteiger partial charge in [-0.2, -0.15) is 13.2 Å². The molecule has 0 radical (unpaired) electrons. The largest absolute Gasteiger partial charge is 0.490 e. The molecule has 1 amide bonds. The van der Waals surface area contributed by atoms with Gasteiger partial charge in [-0.05, 0) is 12.1 Å². The number of nitrogens with two attached hydrogens (primary N) is 2. The van der Waals surface area contributed by atoms with Crippen LogP contribution in [-0.2, 0) is 4.79 Å². The molecule has 0 aliphatic heterocycles. The summed E-state index contributed by atoms with van der Waals surface area (Å²) in [5.41, 5.74) is 11.7. The number of benzene rings is 1. The summed E-state index contributed by atoms with van der Waals surface area (Å²) in [6, 6.07) is 4.71. The number of para-hydroxylation sites is 1. The van der Waals surface area contributed by atoms with Crippen LogP contribution in [-0.4, -0.2) is 37.2 Å². The zero-order valence-corrected chi connectivity index (χ0v) is 10.2. The highest BCUT2D eigenvalue weighted by Gasteiger charge is 2.41. The fraction of sp³-hybridized carbons (Fsp3) is 0.364. The Kier molecular flexibility index (Phi) is 4.47. The molecular weight excluding hydrogens is 263 g/mol. The van der Waals surface area contributed by atoms with Crippen LogP contribution < -0.4 is 16.2 Å². The van der Waals surface area contributed by atoms with Crippen molar-refractivity contribution in [1.82, 2.24) is 4.90 Å². The lowest BCUT2D eigenvalue weighted by molar-refractivity contribution is -0.184. The molecular formula is C11H14F3N3O2. The second-order valence-electron chi connectivity index (χ2n) is 3.83. The van der Waals surface area contributed by atoms with Gasteiger partial charge in [-0.3, -0.25) is 4.79 Å². The third-order valence-electron chi connectivity index (χ3n) is 2.37. The van der Waals surface area contributed by atoms with E-state index in [-0.39, 0.29) is 24.6 Å². The normalized spacial score (nSPS) is 11.2. The SMILES string of the molecule is CN(CCOc1cccc(N)c1N)C(=O)C(F)(F)F. The number of rotatable bonds is 4. The molecule has 1 aromatic carbocycles. The van der Waals surface area contributed by atoms with Gasteiger partial charge in [0.15, 0.2) is 0 Å². The van der Waals surface area contributed by atoms with Crippen molar-refractivity contribution in [3.8, 4) is 5.75 Å². The lowest BCUT2D eigenvalue weighted by Crippen LogP contribution is -2.40. The van der Waals surface area contributed by atoms with Gasteiger partial charge in [-0.15, -0.1) is 0 Å². The number of anilines is 2. The standard InChI is InChI=1S/C11H14F3N3O2/c1-17(10(18)11(12,13)14)5-6-19-8-4-2-3-7(15)9(8)16/h2-4H,5-6,15-16H2,1H3. The van der Waals surface area contributed by atoms with E-state index in [1.807, 2.05) is 0 Å². The second-order valence-corrected chi connectivity index (χ2v) is 3.83. The molecule has 0 saturated heterocycles. The average molecular weight is 277 g/mol. The van der Waals surface area contributed by atoms with E-state index < -0.39 is 12.1 Å². The maximum atomic E-state index is 12.1. The van der Waals surface area contributed by atoms with E-state index in [0.29, 0.717) is 10.6 Å². The van der Waals surface area contributed by atoms with Crippen molar-refractivity contribution in [3.05, 3.63) is 18.2 Å². The van der Waals surface area contributed by atoms with Crippen molar-refractivity contribution in [1.29, 1.82) is 0 Å². The maximum Gasteiger partial charge on any atom is 0.471 e. The molecule has 106 valence electrons. The average Bonchev–Trinajstić information content (AvgIpc) is 2.32. The fourth-order valence-electron chi connectivity index (χ4n) is 1.30. The van der Waals surface area contributed by atoms with E-state index in [9.17, 15) is 18.0 Å². The van der Waals surface area contributed by atoms with E-state index in [1.165, 1.54) is 6.07 Å². The first-order valence-electron chi connectivity index (χ1n) is 5.32. The lowest BCUT2D eigenvalue weighted by atomic mass is 10.2. The number of alkyl halides is 3. The van der Waals surface area contributed by atoms with Crippen molar-refractivity contribution in [3.63, 3.8) is 0 Å². The quantitative estimate of drug-likeness (QED) is 0.811. The Bertz CT molecular complexity index is 463. The van der Waals surface area contributed by atoms with Crippen LogP contribution in [0.3, 0.4) is 0 Å². The van der Waals surface area contributed by atoms with Crippen molar-refractivity contribution >= 4 is 17.3 Å². The molecule has 4 N–H and O–H groups in total. The highest BCUT2D eigenvalue weighted by Crippen LogP contribution is 2.26. The van der Waals surface area contributed by atoms with E-state index in [2.05, 4.69) is 0 Å². The topological polar surface area (TPSA) is 81.6 Å². The summed E-state index contributed by atoms with van der Waals surface area (Å²) in [5.74, 6) is -1.65. The van der Waals surface area contributed by atoms with Gasteiger partial charge in [0, 0.05) is 7.05 Å². The number of likely N-dealkylation sites (N-methyl/N-ethyl adjacent to an activating group) is 1. The van der Waals surface area contributed by atoms with Gasteiger partial charge in [0.25, 0.3) is 0 Å². The third-order valence-corrected chi connectivity index (χ3v) is 2.37. The van der Waals surface area contributed by atoms with Gasteiger partial charge >= 0.3 is 12.1 Å². The zero-order valence-electron chi connectivity index (χ0n) is 10.2. The maximum absolute atomic E-state index is 12.1. The highest BCUT2D eigenvalue weighted by atomic mass is 19.4. The minimum absolute atomic E-state index is 0.119. The predicted octanol–water partition coefficient (Wildman–Crippen LogP) is 1.25. The molecule has 0 atom stereocenters. The van der Waals surface area contributed by atoms with E-state index in [0.717, 1.165) is 7.05 Å². The Morgan fingerprint density at radius 1 is 1.37 bits per heavy atom. The molecule has 0 fully saturated rings. The van der Waals surface area contributed by atoms with Crippen LogP contribution in [0.5, 0.6) is 5.75 Å². The van der Waals surface area contributed by atoms with Crippen molar-refractivity contribution in [2.24, 2.45) is 0 Å². The smallest absolute Gasteiger partial charge is 0.471 e. The lowest BCUT2D eigenvalue weighted by Gasteiger charge is -2.19. The molecule has 0 aliphatic rings. The van der Waals surface area contributed by atoms with Crippen LogP contribution in [0.4, 0.5) is 24.5 Å². The molecule has 0 aromatic heterocycles. The summed E-state index contributed by atoms with van der Waals surface area (Å²) >= 11 is 0. The molecule has 8 heteroatoms. The number of hydrogen-bond acceptors (Lipinski definition) is 4. The predicted molar refractivity (Wildman–Crippen MR) is 64.5 cm³/mol. The third kappa shape index (κ3) is 3.94. The first-order chi connectivity index (χ1) is 8.73. The zero-order chi connectivity index (χ0) is 14.6. The van der Waals surface area contributed by atoms with Crippen molar-refractivity contribution < 1.29 is 22.7 Å². The monoisotopic (exact) mass is 277 g/mol. The Hall–Kier alpha value is -2.12. The summed E-state index contributed by atoms with van der Waals surface area (Å²) < 4.78 is 41.5.